The summed E-state index contributed by atoms with van der Waals surface area (Å²) in [6.07, 6.45) is 2.51. The van der Waals surface area contributed by atoms with E-state index in [1.807, 2.05) is 13.2 Å². The Kier molecular flexibility index (Phi) is 3.69. The quantitative estimate of drug-likeness (QED) is 0.630. The average Bonchev–Trinajstić information content (AvgIpc) is 1.69. The van der Waals surface area contributed by atoms with E-state index in [4.69, 9.17) is 5.11 Å². The molecule has 0 amide bonds. The van der Waals surface area contributed by atoms with Gasteiger partial charge in [-0.2, -0.15) is 11.8 Å². The summed E-state index contributed by atoms with van der Waals surface area (Å²) in [5.41, 5.74) is 0. The zero-order valence-electron chi connectivity index (χ0n) is 5.05. The molecule has 0 aromatic rings. The van der Waals surface area contributed by atoms with Gasteiger partial charge in [0.15, 0.2) is 0 Å². The maximum absolute atomic E-state index is 10.1. The fraction of sp³-hybridized carbons (Fsp3) is 0.800. The summed E-state index contributed by atoms with van der Waals surface area (Å²) in [6, 6.07) is 0. The molecule has 0 saturated carbocycles. The number of aliphatic carboxylic acids is 1. The molecule has 8 heavy (non-hydrogen) atoms. The number of carboxylic acids is 1. The van der Waals surface area contributed by atoms with E-state index in [9.17, 15) is 4.79 Å². The van der Waals surface area contributed by atoms with E-state index < -0.39 is 5.97 Å². The Morgan fingerprint density at radius 1 is 1.88 bits per heavy atom. The predicted molar refractivity (Wildman–Crippen MR) is 35.2 cm³/mol. The molecule has 0 saturated heterocycles. The molecule has 0 spiro atoms. The van der Waals surface area contributed by atoms with Gasteiger partial charge in [-0.25, -0.2) is 0 Å². The number of hydrogen-bond donors (Lipinski definition) is 1. The molecule has 48 valence electrons. The van der Waals surface area contributed by atoms with Crippen LogP contribution in [0, 0.1) is 0 Å². The average molecular weight is 134 g/mol. The smallest absolute Gasteiger partial charge is 0.316 e. The molecule has 2 nitrogen and oxygen atoms in total. The summed E-state index contributed by atoms with van der Waals surface area (Å²) < 4.78 is 0. The van der Waals surface area contributed by atoms with Crippen molar-refractivity contribution in [3.8, 4) is 0 Å². The fourth-order valence-electron chi connectivity index (χ4n) is 0.442. The summed E-state index contributed by atoms with van der Waals surface area (Å²) in [4.78, 5) is 10.1. The van der Waals surface area contributed by atoms with Crippen molar-refractivity contribution in [3.05, 3.63) is 0 Å². The molecule has 0 unspecified atom stereocenters. The van der Waals surface area contributed by atoms with Crippen molar-refractivity contribution in [2.24, 2.45) is 0 Å². The first kappa shape index (κ1) is 7.82. The molecule has 0 aliphatic rings. The van der Waals surface area contributed by atoms with Crippen LogP contribution in [0.5, 0.6) is 0 Å². The zero-order valence-corrected chi connectivity index (χ0v) is 5.86. The Morgan fingerprint density at radius 2 is 2.38 bits per heavy atom. The number of hydrogen-bond acceptors (Lipinski definition) is 2. The molecule has 0 aromatic heterocycles. The van der Waals surface area contributed by atoms with Gasteiger partial charge in [0.2, 0.25) is 0 Å². The highest BCUT2D eigenvalue weighted by molar-refractivity contribution is 7.99. The lowest BCUT2D eigenvalue weighted by Crippen LogP contribution is -2.13. The van der Waals surface area contributed by atoms with Gasteiger partial charge in [0.05, 0.1) is 0 Å². The van der Waals surface area contributed by atoms with Crippen LogP contribution in [-0.2, 0) is 4.79 Å². The van der Waals surface area contributed by atoms with Gasteiger partial charge in [-0.15, -0.1) is 0 Å². The molecule has 1 atom stereocenters. The molecule has 0 aliphatic heterocycles. The van der Waals surface area contributed by atoms with Crippen molar-refractivity contribution in [1.82, 2.24) is 0 Å². The first-order valence-corrected chi connectivity index (χ1v) is 3.76. The summed E-state index contributed by atoms with van der Waals surface area (Å²) in [7, 11) is 0. The van der Waals surface area contributed by atoms with Crippen LogP contribution >= 0.6 is 11.8 Å². The molecule has 0 fully saturated rings. The zero-order chi connectivity index (χ0) is 6.57. The van der Waals surface area contributed by atoms with E-state index in [0.29, 0.717) is 6.42 Å². The van der Waals surface area contributed by atoms with Crippen LogP contribution in [0.1, 0.15) is 13.3 Å². The minimum atomic E-state index is -0.708. The number of thioether (sulfide) groups is 1. The summed E-state index contributed by atoms with van der Waals surface area (Å²) in [5.74, 6) is -0.708. The third-order valence-electron chi connectivity index (χ3n) is 0.931. The van der Waals surface area contributed by atoms with Crippen LogP contribution in [0.25, 0.3) is 0 Å². The van der Waals surface area contributed by atoms with Gasteiger partial charge in [0.25, 0.3) is 0 Å². The monoisotopic (exact) mass is 134 g/mol. The van der Waals surface area contributed by atoms with Crippen LogP contribution in [0.3, 0.4) is 0 Å². The van der Waals surface area contributed by atoms with Gasteiger partial charge >= 0.3 is 5.97 Å². The molecule has 0 heterocycles. The molecule has 1 N–H and O–H groups in total. The fourth-order valence-corrected chi connectivity index (χ4v) is 0.977. The highest BCUT2D eigenvalue weighted by Crippen LogP contribution is 2.09. The topological polar surface area (TPSA) is 37.3 Å². The van der Waals surface area contributed by atoms with Crippen LogP contribution in [0.2, 0.25) is 0 Å². The number of rotatable bonds is 3. The normalized spacial score (nSPS) is 13.2. The van der Waals surface area contributed by atoms with Crippen LogP contribution in [0.15, 0.2) is 0 Å². The number of carbonyl (C=O) groups is 1. The first-order valence-electron chi connectivity index (χ1n) is 2.48. The second-order valence-electron chi connectivity index (χ2n) is 1.47. The van der Waals surface area contributed by atoms with Gasteiger partial charge in [0.1, 0.15) is 5.25 Å². The maximum atomic E-state index is 10.1. The van der Waals surface area contributed by atoms with Crippen LogP contribution in [0.4, 0.5) is 0 Å². The standard InChI is InChI=1S/C5H10O2S/c1-3-4(8-2)5(6)7/h4H,3H2,1-2H3,(H,6,7)/t4-/m0/s1. The van der Waals surface area contributed by atoms with E-state index in [-0.39, 0.29) is 5.25 Å². The molecule has 3 heteroatoms. The number of carboxylic acid groups (broad SMARTS) is 1. The molecule has 0 aliphatic carbocycles. The van der Waals surface area contributed by atoms with Gasteiger partial charge in [-0.3, -0.25) is 4.79 Å². The summed E-state index contributed by atoms with van der Waals surface area (Å²) >= 11 is 1.38. The van der Waals surface area contributed by atoms with Crippen molar-refractivity contribution >= 4 is 17.7 Å². The van der Waals surface area contributed by atoms with Gasteiger partial charge < -0.3 is 5.11 Å². The van der Waals surface area contributed by atoms with E-state index in [1.54, 1.807) is 0 Å². The van der Waals surface area contributed by atoms with Crippen molar-refractivity contribution in [1.29, 1.82) is 0 Å². The molecule has 0 aromatic carbocycles. The summed E-state index contributed by atoms with van der Waals surface area (Å²) in [5, 5.41) is 8.14. The SMILES string of the molecule is CC[C@H](SC)C(=O)O. The van der Waals surface area contributed by atoms with Gasteiger partial charge in [-0.05, 0) is 12.7 Å². The van der Waals surface area contributed by atoms with Crippen LogP contribution in [-0.4, -0.2) is 22.6 Å². The van der Waals surface area contributed by atoms with E-state index in [0.717, 1.165) is 0 Å². The third-order valence-corrected chi connectivity index (χ3v) is 2.03. The van der Waals surface area contributed by atoms with E-state index >= 15 is 0 Å². The van der Waals surface area contributed by atoms with Gasteiger partial charge in [0, 0.05) is 0 Å². The lowest BCUT2D eigenvalue weighted by Gasteiger charge is -2.02. The minimum absolute atomic E-state index is 0.213. The van der Waals surface area contributed by atoms with Crippen molar-refractivity contribution in [3.63, 3.8) is 0 Å². The largest absolute Gasteiger partial charge is 0.480 e. The van der Waals surface area contributed by atoms with Crippen molar-refractivity contribution < 1.29 is 9.90 Å². The summed E-state index contributed by atoms with van der Waals surface area (Å²) in [6.45, 7) is 1.87. The highest BCUT2D eigenvalue weighted by atomic mass is 32.2. The second-order valence-corrected chi connectivity index (χ2v) is 2.51. The maximum Gasteiger partial charge on any atom is 0.316 e. The Labute approximate surface area is 53.3 Å². The molecular formula is C5H10O2S. The van der Waals surface area contributed by atoms with E-state index in [1.165, 1.54) is 11.8 Å². The Balaban J connectivity index is 3.52. The predicted octanol–water partition coefficient (Wildman–Crippen LogP) is 1.21. The molecule has 0 bridgehead atoms. The Hall–Kier alpha value is -0.180. The Bertz CT molecular complexity index is 78.5. The third kappa shape index (κ3) is 2.21. The molecule has 0 radical (unpaired) electrons. The molecule has 0 rings (SSSR count). The van der Waals surface area contributed by atoms with Crippen molar-refractivity contribution in [2.75, 3.05) is 6.26 Å². The minimum Gasteiger partial charge on any atom is -0.480 e. The van der Waals surface area contributed by atoms with Crippen LogP contribution < -0.4 is 0 Å². The lowest BCUT2D eigenvalue weighted by molar-refractivity contribution is -0.136. The van der Waals surface area contributed by atoms with E-state index in [2.05, 4.69) is 0 Å². The highest BCUT2D eigenvalue weighted by Gasteiger charge is 2.11. The van der Waals surface area contributed by atoms with Crippen molar-refractivity contribution in [2.45, 2.75) is 18.6 Å². The second kappa shape index (κ2) is 3.78. The lowest BCUT2D eigenvalue weighted by atomic mass is 10.3. The molecular weight excluding hydrogens is 124 g/mol. The van der Waals surface area contributed by atoms with Gasteiger partial charge in [-0.1, -0.05) is 6.92 Å². The first-order chi connectivity index (χ1) is 3.72. The Morgan fingerprint density at radius 3 is 2.38 bits per heavy atom.